The average Bonchev–Trinajstić information content (AvgIpc) is 2.98. The molecule has 8 nitrogen and oxygen atoms in total. The Bertz CT molecular complexity index is 1240. The number of benzene rings is 1. The number of anilines is 1. The van der Waals surface area contributed by atoms with E-state index in [2.05, 4.69) is 15.0 Å². The molecule has 162 valence electrons. The molecule has 0 spiro atoms. The fraction of sp³-hybridized carbons (Fsp3) is 0.318. The molecular formula is C22H25N5O3S. The van der Waals surface area contributed by atoms with Gasteiger partial charge in [-0.1, -0.05) is 24.3 Å². The Balaban J connectivity index is 1.58. The summed E-state index contributed by atoms with van der Waals surface area (Å²) in [5.74, 6) is 0.461. The molecule has 0 saturated heterocycles. The van der Waals surface area contributed by atoms with E-state index in [-0.39, 0.29) is 18.6 Å². The molecule has 0 bridgehead atoms. The van der Waals surface area contributed by atoms with Gasteiger partial charge >= 0.3 is 0 Å². The summed E-state index contributed by atoms with van der Waals surface area (Å²) in [6.45, 7) is 2.87. The minimum atomic E-state index is -3.64. The molecule has 9 heteroatoms. The van der Waals surface area contributed by atoms with Crippen LogP contribution < -0.4 is 10.5 Å². The molecule has 0 atom stereocenters. The third-order valence-corrected chi connectivity index (χ3v) is 7.57. The molecule has 1 aromatic carbocycles. The van der Waals surface area contributed by atoms with Crippen LogP contribution in [0.25, 0.3) is 0 Å². The van der Waals surface area contributed by atoms with Gasteiger partial charge in [0.1, 0.15) is 0 Å². The molecule has 0 amide bonds. The lowest BCUT2D eigenvalue weighted by molar-refractivity contribution is 0.425. The van der Waals surface area contributed by atoms with Crippen molar-refractivity contribution in [2.75, 3.05) is 25.0 Å². The molecule has 0 unspecified atom stereocenters. The van der Waals surface area contributed by atoms with Crippen molar-refractivity contribution in [1.82, 2.24) is 19.3 Å². The number of aryl methyl sites for hydroxylation is 1. The fourth-order valence-corrected chi connectivity index (χ4v) is 5.49. The zero-order valence-electron chi connectivity index (χ0n) is 17.6. The summed E-state index contributed by atoms with van der Waals surface area (Å²) in [5.41, 5.74) is 2.70. The molecule has 1 aliphatic heterocycles. The maximum absolute atomic E-state index is 13.2. The number of H-pyrrole nitrogens is 1. The number of aromatic nitrogens is 3. The second kappa shape index (κ2) is 8.60. The van der Waals surface area contributed by atoms with Crippen molar-refractivity contribution in [3.05, 3.63) is 81.5 Å². The minimum absolute atomic E-state index is 0.215. The van der Waals surface area contributed by atoms with Crippen molar-refractivity contribution in [3.63, 3.8) is 0 Å². The largest absolute Gasteiger partial charge is 0.341 e. The Morgan fingerprint density at radius 2 is 1.90 bits per heavy atom. The minimum Gasteiger partial charge on any atom is -0.341 e. The Hall–Kier alpha value is -3.04. The lowest BCUT2D eigenvalue weighted by Gasteiger charge is -2.20. The highest BCUT2D eigenvalue weighted by Crippen LogP contribution is 2.23. The molecule has 0 aliphatic carbocycles. The molecule has 0 fully saturated rings. The smallest absolute Gasteiger partial charge is 0.255 e. The van der Waals surface area contributed by atoms with Gasteiger partial charge in [-0.2, -0.15) is 4.31 Å². The predicted molar refractivity (Wildman–Crippen MR) is 119 cm³/mol. The molecule has 3 heterocycles. The number of aromatic amines is 1. The Morgan fingerprint density at radius 1 is 1.13 bits per heavy atom. The molecule has 1 N–H and O–H groups in total. The van der Waals surface area contributed by atoms with Gasteiger partial charge in [-0.3, -0.25) is 14.8 Å². The quantitative estimate of drug-likeness (QED) is 0.652. The Labute approximate surface area is 181 Å². The van der Waals surface area contributed by atoms with Crippen molar-refractivity contribution in [1.29, 1.82) is 0 Å². The third-order valence-electron chi connectivity index (χ3n) is 5.51. The topological polar surface area (TPSA) is 99.3 Å². The van der Waals surface area contributed by atoms with Gasteiger partial charge in [0.05, 0.1) is 10.6 Å². The van der Waals surface area contributed by atoms with Crippen molar-refractivity contribution >= 4 is 16.0 Å². The van der Waals surface area contributed by atoms with Crippen LogP contribution in [0.2, 0.25) is 0 Å². The number of nitrogens with one attached hydrogen (secondary N) is 1. The average molecular weight is 440 g/mol. The summed E-state index contributed by atoms with van der Waals surface area (Å²) in [6, 6.07) is 10.8. The number of sulfonamides is 1. The van der Waals surface area contributed by atoms with Crippen LogP contribution in [0.15, 0.2) is 58.5 Å². The number of pyridine rings is 1. The van der Waals surface area contributed by atoms with Gasteiger partial charge in [0.25, 0.3) is 5.56 Å². The molecule has 2 aromatic heterocycles. The van der Waals surface area contributed by atoms with Crippen molar-refractivity contribution in [2.45, 2.75) is 31.2 Å². The maximum atomic E-state index is 13.2. The Kier molecular flexibility index (Phi) is 5.88. The lowest BCUT2D eigenvalue weighted by atomic mass is 10.1. The van der Waals surface area contributed by atoms with Crippen molar-refractivity contribution in [2.24, 2.45) is 0 Å². The van der Waals surface area contributed by atoms with E-state index in [1.807, 2.05) is 30.1 Å². The molecular weight excluding hydrogens is 414 g/mol. The van der Waals surface area contributed by atoms with Gasteiger partial charge in [0, 0.05) is 51.1 Å². The van der Waals surface area contributed by atoms with Crippen LogP contribution in [0.1, 0.15) is 22.4 Å². The molecule has 3 aromatic rings. The first-order valence-electron chi connectivity index (χ1n) is 10.1. The summed E-state index contributed by atoms with van der Waals surface area (Å²) in [7, 11) is -1.79. The van der Waals surface area contributed by atoms with Crippen LogP contribution in [0.5, 0.6) is 0 Å². The zero-order chi connectivity index (χ0) is 22.0. The summed E-state index contributed by atoms with van der Waals surface area (Å²) < 4.78 is 27.8. The maximum Gasteiger partial charge on any atom is 0.255 e. The van der Waals surface area contributed by atoms with Crippen LogP contribution in [0.3, 0.4) is 0 Å². The van der Waals surface area contributed by atoms with Gasteiger partial charge < -0.3 is 4.90 Å². The van der Waals surface area contributed by atoms with Gasteiger partial charge in [-0.15, -0.1) is 0 Å². The van der Waals surface area contributed by atoms with Crippen LogP contribution in [-0.2, 0) is 29.4 Å². The van der Waals surface area contributed by atoms with Crippen molar-refractivity contribution < 1.29 is 8.42 Å². The van der Waals surface area contributed by atoms with E-state index in [1.165, 1.54) is 4.31 Å². The van der Waals surface area contributed by atoms with E-state index < -0.39 is 10.0 Å². The second-order valence-corrected chi connectivity index (χ2v) is 9.61. The van der Waals surface area contributed by atoms with Crippen LogP contribution in [0, 0.1) is 6.92 Å². The third kappa shape index (κ3) is 4.38. The first-order chi connectivity index (χ1) is 14.9. The molecule has 31 heavy (non-hydrogen) atoms. The van der Waals surface area contributed by atoms with Gasteiger partial charge in [-0.05, 0) is 36.6 Å². The van der Waals surface area contributed by atoms with E-state index >= 15 is 0 Å². The summed E-state index contributed by atoms with van der Waals surface area (Å²) in [4.78, 5) is 26.6. The fourth-order valence-electron chi connectivity index (χ4n) is 3.82. The summed E-state index contributed by atoms with van der Waals surface area (Å²) >= 11 is 0. The molecule has 0 saturated carbocycles. The summed E-state index contributed by atoms with van der Waals surface area (Å²) in [5, 5.41) is 0. The molecule has 4 rings (SSSR count). The first kappa shape index (κ1) is 21.2. The highest BCUT2D eigenvalue weighted by Gasteiger charge is 2.29. The van der Waals surface area contributed by atoms with Crippen LogP contribution in [0.4, 0.5) is 5.95 Å². The standard InChI is InChI=1S/C22H25N5O3S/c1-16-6-3-4-8-20(16)31(29,30)27-12-9-18-19(10-13-27)24-22(25-21(18)28)26(2)15-17-7-5-11-23-14-17/h3-8,11,14H,9-10,12-13,15H2,1-2H3,(H,24,25,28). The number of fused-ring (bicyclic) bond motifs is 1. The normalized spacial score (nSPS) is 14.6. The van der Waals surface area contributed by atoms with Crippen LogP contribution in [-0.4, -0.2) is 47.8 Å². The highest BCUT2D eigenvalue weighted by atomic mass is 32.2. The van der Waals surface area contributed by atoms with Gasteiger partial charge in [0.2, 0.25) is 16.0 Å². The predicted octanol–water partition coefficient (Wildman–Crippen LogP) is 1.90. The van der Waals surface area contributed by atoms with E-state index in [0.29, 0.717) is 47.1 Å². The highest BCUT2D eigenvalue weighted by molar-refractivity contribution is 7.89. The zero-order valence-corrected chi connectivity index (χ0v) is 18.4. The van der Waals surface area contributed by atoms with E-state index in [9.17, 15) is 13.2 Å². The first-order valence-corrected chi connectivity index (χ1v) is 11.6. The van der Waals surface area contributed by atoms with E-state index in [0.717, 1.165) is 5.56 Å². The van der Waals surface area contributed by atoms with E-state index in [4.69, 9.17) is 0 Å². The SMILES string of the molecule is Cc1ccccc1S(=O)(=O)N1CCc2nc(N(C)Cc3cccnc3)[nH]c(=O)c2CC1. The number of nitrogens with zero attached hydrogens (tertiary/aromatic N) is 4. The number of rotatable bonds is 5. The van der Waals surface area contributed by atoms with Gasteiger partial charge in [-0.25, -0.2) is 13.4 Å². The molecule has 1 aliphatic rings. The van der Waals surface area contributed by atoms with E-state index in [1.54, 1.807) is 37.5 Å². The van der Waals surface area contributed by atoms with Crippen LogP contribution >= 0.6 is 0 Å². The van der Waals surface area contributed by atoms with Gasteiger partial charge in [0.15, 0.2) is 0 Å². The summed E-state index contributed by atoms with van der Waals surface area (Å²) in [6.07, 6.45) is 4.20. The second-order valence-electron chi connectivity index (χ2n) is 7.70. The number of hydrogen-bond acceptors (Lipinski definition) is 6. The van der Waals surface area contributed by atoms with Crippen molar-refractivity contribution in [3.8, 4) is 0 Å². The molecule has 0 radical (unpaired) electrons. The Morgan fingerprint density at radius 3 is 2.65 bits per heavy atom. The monoisotopic (exact) mass is 439 g/mol. The lowest BCUT2D eigenvalue weighted by Crippen LogP contribution is -2.34. The number of hydrogen-bond donors (Lipinski definition) is 1.